The highest BCUT2D eigenvalue weighted by Crippen LogP contribution is 2.27. The molecule has 6 heteroatoms. The maximum Gasteiger partial charge on any atom is 0.137 e. The van der Waals surface area contributed by atoms with Crippen molar-refractivity contribution in [3.63, 3.8) is 0 Å². The molecule has 0 radical (unpaired) electrons. The van der Waals surface area contributed by atoms with E-state index in [1.165, 1.54) is 0 Å². The van der Waals surface area contributed by atoms with Crippen LogP contribution in [0.5, 0.6) is 5.75 Å². The molecule has 1 aliphatic rings. The summed E-state index contributed by atoms with van der Waals surface area (Å²) in [5.74, 6) is 1.31. The number of rotatable bonds is 5. The maximum absolute atomic E-state index is 9.60. The van der Waals surface area contributed by atoms with Crippen LogP contribution in [-0.2, 0) is 11.2 Å². The molecular formula is C23H22N4O2. The van der Waals surface area contributed by atoms with Crippen LogP contribution in [0, 0.1) is 11.3 Å². The van der Waals surface area contributed by atoms with Gasteiger partial charge in [-0.15, -0.1) is 0 Å². The van der Waals surface area contributed by atoms with Crippen LogP contribution in [0.25, 0.3) is 11.3 Å². The number of anilines is 1. The van der Waals surface area contributed by atoms with E-state index in [0.29, 0.717) is 36.8 Å². The Morgan fingerprint density at radius 3 is 2.79 bits per heavy atom. The van der Waals surface area contributed by atoms with Gasteiger partial charge in [0.1, 0.15) is 23.7 Å². The van der Waals surface area contributed by atoms with Gasteiger partial charge in [-0.1, -0.05) is 12.1 Å². The molecule has 6 nitrogen and oxygen atoms in total. The third kappa shape index (κ3) is 4.71. The quantitative estimate of drug-likeness (QED) is 0.671. The molecule has 0 unspecified atom stereocenters. The van der Waals surface area contributed by atoms with Crippen molar-refractivity contribution in [2.75, 3.05) is 18.9 Å². The van der Waals surface area contributed by atoms with Gasteiger partial charge < -0.3 is 15.2 Å². The van der Waals surface area contributed by atoms with Crippen LogP contribution in [-0.4, -0.2) is 29.3 Å². The molecule has 29 heavy (non-hydrogen) atoms. The summed E-state index contributed by atoms with van der Waals surface area (Å²) in [5.41, 5.74) is 9.77. The normalized spacial score (nSPS) is 14.3. The minimum Gasteiger partial charge on any atom is -0.489 e. The lowest BCUT2D eigenvalue weighted by molar-refractivity contribution is 0.0254. The van der Waals surface area contributed by atoms with Gasteiger partial charge in [0.05, 0.1) is 24.5 Å². The van der Waals surface area contributed by atoms with E-state index in [2.05, 4.69) is 16.0 Å². The van der Waals surface area contributed by atoms with E-state index in [9.17, 15) is 5.26 Å². The van der Waals surface area contributed by atoms with Crippen molar-refractivity contribution in [1.82, 2.24) is 9.97 Å². The highest BCUT2D eigenvalue weighted by atomic mass is 16.5. The number of nitrogens with two attached hydrogens (primary N) is 1. The van der Waals surface area contributed by atoms with Crippen molar-refractivity contribution < 1.29 is 9.47 Å². The zero-order chi connectivity index (χ0) is 20.1. The molecule has 0 atom stereocenters. The minimum absolute atomic E-state index is 0.0886. The highest BCUT2D eigenvalue weighted by Gasteiger charge is 2.17. The molecule has 2 N–H and O–H groups in total. The predicted octanol–water partition coefficient (Wildman–Crippen LogP) is 3.75. The standard InChI is InChI=1S/C23H22N4O2/c24-15-18-14-17(4-5-22(18)29-20-7-10-28-11-8-20)21-6-9-26-23(27-21)13-16-2-1-3-19(25)12-16/h1-6,9,12,14,20H,7-8,10-11,13,25H2. The number of hydrogen-bond donors (Lipinski definition) is 1. The molecule has 0 amide bonds. The molecule has 2 aromatic carbocycles. The minimum atomic E-state index is 0.0886. The van der Waals surface area contributed by atoms with Crippen LogP contribution in [0.4, 0.5) is 5.69 Å². The number of ether oxygens (including phenoxy) is 2. The zero-order valence-electron chi connectivity index (χ0n) is 16.0. The average Bonchev–Trinajstić information content (AvgIpc) is 2.75. The van der Waals surface area contributed by atoms with E-state index in [1.54, 1.807) is 6.20 Å². The molecule has 146 valence electrons. The molecule has 1 fully saturated rings. The Kier molecular flexibility index (Phi) is 5.68. The lowest BCUT2D eigenvalue weighted by Crippen LogP contribution is -2.26. The van der Waals surface area contributed by atoms with Crippen molar-refractivity contribution in [2.45, 2.75) is 25.4 Å². The molecule has 2 heterocycles. The molecule has 1 aliphatic heterocycles. The molecule has 1 aromatic heterocycles. The average molecular weight is 386 g/mol. The fourth-order valence-electron chi connectivity index (χ4n) is 3.38. The molecule has 0 bridgehead atoms. The van der Waals surface area contributed by atoms with E-state index in [0.717, 1.165) is 35.3 Å². The summed E-state index contributed by atoms with van der Waals surface area (Å²) in [4.78, 5) is 9.04. The Morgan fingerprint density at radius 2 is 2.00 bits per heavy atom. The molecular weight excluding hydrogens is 364 g/mol. The molecule has 0 spiro atoms. The van der Waals surface area contributed by atoms with Crippen molar-refractivity contribution >= 4 is 5.69 Å². The Hall–Kier alpha value is -3.43. The summed E-state index contributed by atoms with van der Waals surface area (Å²) in [6.45, 7) is 1.39. The fourth-order valence-corrected chi connectivity index (χ4v) is 3.38. The van der Waals surface area contributed by atoms with Gasteiger partial charge >= 0.3 is 0 Å². The first-order valence-electron chi connectivity index (χ1n) is 9.66. The summed E-state index contributed by atoms with van der Waals surface area (Å²) >= 11 is 0. The lowest BCUT2D eigenvalue weighted by atomic mass is 10.1. The van der Waals surface area contributed by atoms with Crippen LogP contribution < -0.4 is 10.5 Å². The number of aromatic nitrogens is 2. The molecule has 0 saturated carbocycles. The molecule has 4 rings (SSSR count). The summed E-state index contributed by atoms with van der Waals surface area (Å²) in [7, 11) is 0. The number of hydrogen-bond acceptors (Lipinski definition) is 6. The van der Waals surface area contributed by atoms with Gasteiger partial charge in [-0.3, -0.25) is 0 Å². The van der Waals surface area contributed by atoms with Crippen LogP contribution in [0.2, 0.25) is 0 Å². The highest BCUT2D eigenvalue weighted by molar-refractivity contribution is 5.64. The second-order valence-electron chi connectivity index (χ2n) is 7.03. The zero-order valence-corrected chi connectivity index (χ0v) is 16.0. The number of nitrogen functional groups attached to an aromatic ring is 1. The van der Waals surface area contributed by atoms with Crippen molar-refractivity contribution in [3.8, 4) is 23.1 Å². The molecule has 1 saturated heterocycles. The Balaban J connectivity index is 1.55. The molecule has 3 aromatic rings. The fraction of sp³-hybridized carbons (Fsp3) is 0.261. The van der Waals surface area contributed by atoms with Crippen molar-refractivity contribution in [1.29, 1.82) is 5.26 Å². The van der Waals surface area contributed by atoms with Crippen molar-refractivity contribution in [2.24, 2.45) is 0 Å². The number of nitrogens with zero attached hydrogens (tertiary/aromatic N) is 3. The van der Waals surface area contributed by atoms with Gasteiger partial charge in [-0.25, -0.2) is 9.97 Å². The van der Waals surface area contributed by atoms with Crippen LogP contribution in [0.15, 0.2) is 54.7 Å². The van der Waals surface area contributed by atoms with Gasteiger partial charge in [0, 0.05) is 36.7 Å². The third-order valence-corrected chi connectivity index (χ3v) is 4.88. The Morgan fingerprint density at radius 1 is 1.14 bits per heavy atom. The van der Waals surface area contributed by atoms with E-state index >= 15 is 0 Å². The largest absolute Gasteiger partial charge is 0.489 e. The second-order valence-corrected chi connectivity index (χ2v) is 7.03. The Bertz CT molecular complexity index is 1040. The summed E-state index contributed by atoms with van der Waals surface area (Å²) in [6.07, 6.45) is 4.10. The smallest absolute Gasteiger partial charge is 0.137 e. The summed E-state index contributed by atoms with van der Waals surface area (Å²) in [6, 6.07) is 17.4. The summed E-state index contributed by atoms with van der Waals surface area (Å²) in [5, 5.41) is 9.60. The number of benzene rings is 2. The third-order valence-electron chi connectivity index (χ3n) is 4.88. The first kappa shape index (κ1) is 18.9. The van der Waals surface area contributed by atoms with Crippen molar-refractivity contribution in [3.05, 3.63) is 71.7 Å². The SMILES string of the molecule is N#Cc1cc(-c2ccnc(Cc3cccc(N)c3)n2)ccc1OC1CCOCC1. The van der Waals surface area contributed by atoms with Crippen LogP contribution >= 0.6 is 0 Å². The topological polar surface area (TPSA) is 94.1 Å². The van der Waals surface area contributed by atoms with E-state index < -0.39 is 0 Å². The number of nitriles is 1. The Labute approximate surface area is 169 Å². The van der Waals surface area contributed by atoms with E-state index in [1.807, 2.05) is 48.5 Å². The monoisotopic (exact) mass is 386 g/mol. The van der Waals surface area contributed by atoms with Gasteiger partial charge in [0.25, 0.3) is 0 Å². The van der Waals surface area contributed by atoms with Gasteiger partial charge in [0.15, 0.2) is 0 Å². The van der Waals surface area contributed by atoms with Gasteiger partial charge in [-0.05, 0) is 42.0 Å². The van der Waals surface area contributed by atoms with E-state index in [4.69, 9.17) is 15.2 Å². The van der Waals surface area contributed by atoms with E-state index in [-0.39, 0.29) is 6.10 Å². The molecule has 0 aliphatic carbocycles. The maximum atomic E-state index is 9.60. The lowest BCUT2D eigenvalue weighted by Gasteiger charge is -2.23. The second kappa shape index (κ2) is 8.72. The van der Waals surface area contributed by atoms with Crippen LogP contribution in [0.1, 0.15) is 29.8 Å². The first-order chi connectivity index (χ1) is 14.2. The summed E-state index contributed by atoms with van der Waals surface area (Å²) < 4.78 is 11.4. The van der Waals surface area contributed by atoms with Gasteiger partial charge in [-0.2, -0.15) is 5.26 Å². The predicted molar refractivity (Wildman–Crippen MR) is 110 cm³/mol. The van der Waals surface area contributed by atoms with Gasteiger partial charge in [0.2, 0.25) is 0 Å². The first-order valence-corrected chi connectivity index (χ1v) is 9.66. The van der Waals surface area contributed by atoms with Crippen LogP contribution in [0.3, 0.4) is 0 Å².